The summed E-state index contributed by atoms with van der Waals surface area (Å²) in [5.74, 6) is -0.175. The highest BCUT2D eigenvalue weighted by molar-refractivity contribution is 5.47. The summed E-state index contributed by atoms with van der Waals surface area (Å²) in [5.41, 5.74) is 1.68. The average molecular weight is 181 g/mol. The van der Waals surface area contributed by atoms with Gasteiger partial charge in [0.05, 0.1) is 5.69 Å². The Morgan fingerprint density at radius 1 is 1.46 bits per heavy atom. The van der Waals surface area contributed by atoms with Crippen molar-refractivity contribution in [3.05, 3.63) is 29.6 Å². The Hall–Kier alpha value is -1.05. The number of halogens is 1. The van der Waals surface area contributed by atoms with Crippen LogP contribution in [0.5, 0.6) is 0 Å². The highest BCUT2D eigenvalue weighted by atomic mass is 19.1. The molecule has 13 heavy (non-hydrogen) atoms. The van der Waals surface area contributed by atoms with Crippen LogP contribution in [0.3, 0.4) is 0 Å². The van der Waals surface area contributed by atoms with Crippen LogP contribution in [0.2, 0.25) is 0 Å². The van der Waals surface area contributed by atoms with Crippen LogP contribution in [0.15, 0.2) is 18.2 Å². The van der Waals surface area contributed by atoms with E-state index in [-0.39, 0.29) is 5.82 Å². The lowest BCUT2D eigenvalue weighted by Gasteiger charge is -2.13. The second-order valence-electron chi connectivity index (χ2n) is 3.44. The van der Waals surface area contributed by atoms with Gasteiger partial charge in [0.25, 0.3) is 0 Å². The third kappa shape index (κ3) is 2.72. The van der Waals surface area contributed by atoms with E-state index >= 15 is 0 Å². The van der Waals surface area contributed by atoms with E-state index in [0.717, 1.165) is 12.0 Å². The molecule has 0 bridgehead atoms. The van der Waals surface area contributed by atoms with E-state index in [9.17, 15) is 4.39 Å². The van der Waals surface area contributed by atoms with Crippen molar-refractivity contribution in [1.29, 1.82) is 0 Å². The monoisotopic (exact) mass is 181 g/mol. The SMILES string of the molecule is CC[C@@H](C)Nc1cc(C)ccc1F. The normalized spacial score (nSPS) is 12.6. The van der Waals surface area contributed by atoms with Gasteiger partial charge >= 0.3 is 0 Å². The molecule has 1 nitrogen and oxygen atoms in total. The zero-order valence-electron chi connectivity index (χ0n) is 8.39. The first-order valence-corrected chi connectivity index (χ1v) is 4.66. The second-order valence-corrected chi connectivity index (χ2v) is 3.44. The van der Waals surface area contributed by atoms with Crippen LogP contribution in [0.1, 0.15) is 25.8 Å². The molecule has 0 spiro atoms. The highest BCUT2D eigenvalue weighted by Crippen LogP contribution is 2.16. The fourth-order valence-corrected chi connectivity index (χ4v) is 1.12. The zero-order chi connectivity index (χ0) is 9.84. The van der Waals surface area contributed by atoms with E-state index in [2.05, 4.69) is 12.2 Å². The quantitative estimate of drug-likeness (QED) is 0.754. The van der Waals surface area contributed by atoms with Crippen LogP contribution in [0.4, 0.5) is 10.1 Å². The van der Waals surface area contributed by atoms with E-state index in [0.29, 0.717) is 11.7 Å². The smallest absolute Gasteiger partial charge is 0.146 e. The third-order valence-electron chi connectivity index (χ3n) is 2.14. The summed E-state index contributed by atoms with van der Waals surface area (Å²) in [4.78, 5) is 0. The maximum atomic E-state index is 13.2. The summed E-state index contributed by atoms with van der Waals surface area (Å²) in [6, 6.07) is 5.43. The lowest BCUT2D eigenvalue weighted by molar-refractivity contribution is 0.624. The molecule has 1 aromatic rings. The molecule has 72 valence electrons. The van der Waals surface area contributed by atoms with Crippen LogP contribution in [0.25, 0.3) is 0 Å². The molecule has 1 N–H and O–H groups in total. The Balaban J connectivity index is 2.81. The molecule has 0 fully saturated rings. The van der Waals surface area contributed by atoms with Crippen LogP contribution in [-0.4, -0.2) is 6.04 Å². The van der Waals surface area contributed by atoms with Crippen molar-refractivity contribution in [3.8, 4) is 0 Å². The zero-order valence-corrected chi connectivity index (χ0v) is 8.39. The lowest BCUT2D eigenvalue weighted by Crippen LogP contribution is -2.14. The average Bonchev–Trinajstić information content (AvgIpc) is 2.11. The second kappa shape index (κ2) is 4.26. The van der Waals surface area contributed by atoms with Gasteiger partial charge < -0.3 is 5.32 Å². The maximum Gasteiger partial charge on any atom is 0.146 e. The first-order chi connectivity index (χ1) is 6.13. The van der Waals surface area contributed by atoms with E-state index in [4.69, 9.17) is 0 Å². The minimum atomic E-state index is -0.175. The van der Waals surface area contributed by atoms with Gasteiger partial charge in [-0.1, -0.05) is 13.0 Å². The molecule has 1 atom stereocenters. The molecule has 0 amide bonds. The molecule has 0 heterocycles. The Kier molecular flexibility index (Phi) is 3.29. The topological polar surface area (TPSA) is 12.0 Å². The molecular weight excluding hydrogens is 165 g/mol. The van der Waals surface area contributed by atoms with Crippen LogP contribution >= 0.6 is 0 Å². The number of benzene rings is 1. The Morgan fingerprint density at radius 2 is 2.15 bits per heavy atom. The first kappa shape index (κ1) is 10.0. The van der Waals surface area contributed by atoms with E-state index in [1.807, 2.05) is 19.9 Å². The summed E-state index contributed by atoms with van der Waals surface area (Å²) in [6.45, 7) is 6.08. The van der Waals surface area contributed by atoms with Gasteiger partial charge in [-0.2, -0.15) is 0 Å². The van der Waals surface area contributed by atoms with Crippen LogP contribution in [0, 0.1) is 12.7 Å². The maximum absolute atomic E-state index is 13.2. The van der Waals surface area contributed by atoms with Crippen molar-refractivity contribution in [3.63, 3.8) is 0 Å². The van der Waals surface area contributed by atoms with Gasteiger partial charge in [-0.3, -0.25) is 0 Å². The van der Waals surface area contributed by atoms with Gasteiger partial charge in [-0.05, 0) is 38.0 Å². The minimum absolute atomic E-state index is 0.175. The Morgan fingerprint density at radius 3 is 2.77 bits per heavy atom. The fourth-order valence-electron chi connectivity index (χ4n) is 1.12. The summed E-state index contributed by atoms with van der Waals surface area (Å²) < 4.78 is 13.2. The molecule has 0 saturated carbocycles. The van der Waals surface area contributed by atoms with Gasteiger partial charge in [0, 0.05) is 6.04 Å². The van der Waals surface area contributed by atoms with Crippen LogP contribution in [-0.2, 0) is 0 Å². The van der Waals surface area contributed by atoms with Gasteiger partial charge in [0.2, 0.25) is 0 Å². The molecular formula is C11H16FN. The molecule has 0 aliphatic carbocycles. The fraction of sp³-hybridized carbons (Fsp3) is 0.455. The van der Waals surface area contributed by atoms with Crippen molar-refractivity contribution in [1.82, 2.24) is 0 Å². The number of anilines is 1. The van der Waals surface area contributed by atoms with E-state index in [1.165, 1.54) is 6.07 Å². The molecule has 0 unspecified atom stereocenters. The van der Waals surface area contributed by atoms with E-state index < -0.39 is 0 Å². The molecule has 1 rings (SSSR count). The van der Waals surface area contributed by atoms with Gasteiger partial charge in [0.15, 0.2) is 0 Å². The van der Waals surface area contributed by atoms with Crippen LogP contribution < -0.4 is 5.32 Å². The minimum Gasteiger partial charge on any atom is -0.380 e. The summed E-state index contributed by atoms with van der Waals surface area (Å²) >= 11 is 0. The third-order valence-corrected chi connectivity index (χ3v) is 2.14. The first-order valence-electron chi connectivity index (χ1n) is 4.66. The molecule has 2 heteroatoms. The van der Waals surface area contributed by atoms with Crippen molar-refractivity contribution in [2.24, 2.45) is 0 Å². The molecule has 1 aromatic carbocycles. The van der Waals surface area contributed by atoms with Crippen molar-refractivity contribution in [2.75, 3.05) is 5.32 Å². The van der Waals surface area contributed by atoms with Crippen molar-refractivity contribution in [2.45, 2.75) is 33.2 Å². The Labute approximate surface area is 79.0 Å². The summed E-state index contributed by atoms with van der Waals surface area (Å²) in [5, 5.41) is 3.13. The number of aryl methyl sites for hydroxylation is 1. The van der Waals surface area contributed by atoms with Gasteiger partial charge in [-0.25, -0.2) is 4.39 Å². The predicted octanol–water partition coefficient (Wildman–Crippen LogP) is 3.34. The molecule has 0 aromatic heterocycles. The number of rotatable bonds is 3. The highest BCUT2D eigenvalue weighted by Gasteiger charge is 2.04. The predicted molar refractivity (Wildman–Crippen MR) is 54.5 cm³/mol. The molecule has 0 aliphatic heterocycles. The molecule has 0 aliphatic rings. The van der Waals surface area contributed by atoms with Crippen molar-refractivity contribution >= 4 is 5.69 Å². The lowest BCUT2D eigenvalue weighted by atomic mass is 10.2. The standard InChI is InChI=1S/C11H16FN/c1-4-9(3)13-11-7-8(2)5-6-10(11)12/h5-7,9,13H,4H2,1-3H3/t9-/m1/s1. The molecule has 0 radical (unpaired) electrons. The number of hydrogen-bond donors (Lipinski definition) is 1. The van der Waals surface area contributed by atoms with Gasteiger partial charge in [-0.15, -0.1) is 0 Å². The van der Waals surface area contributed by atoms with E-state index in [1.54, 1.807) is 6.07 Å². The summed E-state index contributed by atoms with van der Waals surface area (Å²) in [6.07, 6.45) is 0.993. The number of hydrogen-bond acceptors (Lipinski definition) is 1. The van der Waals surface area contributed by atoms with Gasteiger partial charge in [0.1, 0.15) is 5.82 Å². The van der Waals surface area contributed by atoms with Crippen molar-refractivity contribution < 1.29 is 4.39 Å². The molecule has 0 saturated heterocycles. The number of nitrogens with one attached hydrogen (secondary N) is 1. The summed E-state index contributed by atoms with van der Waals surface area (Å²) in [7, 11) is 0. The largest absolute Gasteiger partial charge is 0.380 e. The Bertz CT molecular complexity index is 283.